The first-order valence-electron chi connectivity index (χ1n) is 11.2. The van der Waals surface area contributed by atoms with E-state index < -0.39 is 17.2 Å². The Bertz CT molecular complexity index is 1240. The Hall–Kier alpha value is -3.43. The molecule has 0 aliphatic carbocycles. The Morgan fingerprint density at radius 1 is 1.03 bits per heavy atom. The van der Waals surface area contributed by atoms with Crippen molar-refractivity contribution in [2.45, 2.75) is 25.6 Å². The largest absolute Gasteiger partial charge is 0.418 e. The van der Waals surface area contributed by atoms with Gasteiger partial charge in [0.05, 0.1) is 23.3 Å². The van der Waals surface area contributed by atoms with Gasteiger partial charge in [0.2, 0.25) is 5.91 Å². The van der Waals surface area contributed by atoms with Crippen molar-refractivity contribution in [3.8, 4) is 0 Å². The van der Waals surface area contributed by atoms with Crippen molar-refractivity contribution in [1.29, 1.82) is 0 Å². The second kappa shape index (κ2) is 10.7. The van der Waals surface area contributed by atoms with Crippen LogP contribution in [0.2, 0.25) is 5.15 Å². The van der Waals surface area contributed by atoms with Crippen LogP contribution in [-0.2, 0) is 22.3 Å². The van der Waals surface area contributed by atoms with Crippen LogP contribution < -0.4 is 10.6 Å². The second-order valence-electron chi connectivity index (χ2n) is 8.58. The molecule has 2 heterocycles. The molecule has 188 valence electrons. The molecule has 0 radical (unpaired) electrons. The normalized spacial score (nSPS) is 17.6. The van der Waals surface area contributed by atoms with Crippen molar-refractivity contribution >= 4 is 34.7 Å². The van der Waals surface area contributed by atoms with Crippen molar-refractivity contribution in [2.75, 3.05) is 18.5 Å². The highest BCUT2D eigenvalue weighted by Crippen LogP contribution is 2.36. The van der Waals surface area contributed by atoms with E-state index in [-0.39, 0.29) is 47.8 Å². The quantitative estimate of drug-likeness (QED) is 0.292. The predicted octanol–water partition coefficient (Wildman–Crippen LogP) is 5.79. The van der Waals surface area contributed by atoms with Crippen LogP contribution >= 0.6 is 11.6 Å². The third kappa shape index (κ3) is 6.03. The van der Waals surface area contributed by atoms with Crippen LogP contribution in [-0.4, -0.2) is 29.9 Å². The topological polar surface area (TPSA) is 80.3 Å². The molecule has 1 aromatic heterocycles. The number of hydrogen-bond acceptors (Lipinski definition) is 5. The first-order chi connectivity index (χ1) is 17.2. The number of pyridine rings is 1. The van der Waals surface area contributed by atoms with E-state index in [0.717, 1.165) is 11.6 Å². The number of anilines is 2. The summed E-state index contributed by atoms with van der Waals surface area (Å²) in [5, 5.41) is 5.84. The number of alkyl halides is 3. The zero-order valence-corrected chi connectivity index (χ0v) is 19.8. The number of aromatic nitrogens is 1. The van der Waals surface area contributed by atoms with Crippen LogP contribution in [0.15, 0.2) is 66.7 Å². The molecular weight excluding hydrogens is 495 g/mol. The van der Waals surface area contributed by atoms with Crippen LogP contribution in [0, 0.1) is 5.41 Å². The maximum atomic E-state index is 13.2. The number of Topliss-reactive ketones (excluding diaryl/α,β-unsaturated/α-hetero) is 1. The summed E-state index contributed by atoms with van der Waals surface area (Å²) in [4.78, 5) is 29.9. The van der Waals surface area contributed by atoms with E-state index in [1.165, 1.54) is 18.2 Å². The number of hydrogen-bond donors (Lipinski definition) is 2. The molecule has 1 aliphatic heterocycles. The molecule has 1 amide bonds. The van der Waals surface area contributed by atoms with Gasteiger partial charge < -0.3 is 15.4 Å². The monoisotopic (exact) mass is 517 g/mol. The molecule has 0 unspecified atom stereocenters. The number of ether oxygens (including phenoxy) is 1. The number of rotatable bonds is 8. The van der Waals surface area contributed by atoms with Crippen LogP contribution in [0.3, 0.4) is 0 Å². The fourth-order valence-corrected chi connectivity index (χ4v) is 4.20. The molecule has 1 fully saturated rings. The van der Waals surface area contributed by atoms with Gasteiger partial charge in [-0.05, 0) is 48.4 Å². The van der Waals surface area contributed by atoms with Gasteiger partial charge >= 0.3 is 6.18 Å². The lowest BCUT2D eigenvalue weighted by Gasteiger charge is -2.25. The Labute approximate surface area is 210 Å². The Morgan fingerprint density at radius 2 is 1.78 bits per heavy atom. The number of carbonyl (C=O) groups excluding carboxylic acids is 2. The zero-order valence-electron chi connectivity index (χ0n) is 19.1. The highest BCUT2D eigenvalue weighted by Gasteiger charge is 2.44. The van der Waals surface area contributed by atoms with Crippen LogP contribution in [0.25, 0.3) is 0 Å². The van der Waals surface area contributed by atoms with E-state index in [2.05, 4.69) is 15.6 Å². The smallest absolute Gasteiger partial charge is 0.380 e. The second-order valence-corrected chi connectivity index (χ2v) is 8.96. The minimum Gasteiger partial charge on any atom is -0.380 e. The van der Waals surface area contributed by atoms with E-state index in [4.69, 9.17) is 16.3 Å². The highest BCUT2D eigenvalue weighted by atomic mass is 35.5. The average Bonchev–Trinajstić information content (AvgIpc) is 3.33. The summed E-state index contributed by atoms with van der Waals surface area (Å²) in [7, 11) is 0. The van der Waals surface area contributed by atoms with Crippen molar-refractivity contribution in [1.82, 2.24) is 10.3 Å². The highest BCUT2D eigenvalue weighted by molar-refractivity contribution is 6.29. The van der Waals surface area contributed by atoms with Crippen LogP contribution in [0.4, 0.5) is 24.5 Å². The molecule has 6 nitrogen and oxygen atoms in total. The van der Waals surface area contributed by atoms with Crippen molar-refractivity contribution < 1.29 is 27.5 Å². The molecule has 2 N–H and O–H groups in total. The molecule has 1 atom stereocenters. The van der Waals surface area contributed by atoms with Gasteiger partial charge in [-0.2, -0.15) is 13.2 Å². The van der Waals surface area contributed by atoms with Crippen molar-refractivity contribution in [2.24, 2.45) is 5.41 Å². The summed E-state index contributed by atoms with van der Waals surface area (Å²) >= 11 is 5.88. The lowest BCUT2D eigenvalue weighted by Crippen LogP contribution is -2.42. The molecule has 2 aromatic carbocycles. The van der Waals surface area contributed by atoms with Gasteiger partial charge in [-0.3, -0.25) is 9.59 Å². The van der Waals surface area contributed by atoms with E-state index in [1.807, 2.05) is 0 Å². The minimum absolute atomic E-state index is 0.0481. The lowest BCUT2D eigenvalue weighted by atomic mass is 9.80. The summed E-state index contributed by atoms with van der Waals surface area (Å²) in [6, 6.07) is 16.7. The van der Waals surface area contributed by atoms with E-state index >= 15 is 0 Å². The SMILES string of the molecule is O=C(C[C@@]1(C(=O)NCc2ccc(Nc3ccccc3C(F)(F)F)cc2)CCOC1)c1cccc(Cl)n1. The van der Waals surface area contributed by atoms with E-state index in [1.54, 1.807) is 42.5 Å². The number of amides is 1. The number of carbonyl (C=O) groups is 2. The molecule has 3 aromatic rings. The number of benzene rings is 2. The number of para-hydroxylation sites is 1. The molecule has 1 aliphatic rings. The van der Waals surface area contributed by atoms with Gasteiger partial charge in [-0.15, -0.1) is 0 Å². The number of ketones is 1. The van der Waals surface area contributed by atoms with Gasteiger partial charge in [0.25, 0.3) is 0 Å². The summed E-state index contributed by atoms with van der Waals surface area (Å²) in [6.45, 7) is 0.666. The molecule has 0 bridgehead atoms. The number of nitrogens with one attached hydrogen (secondary N) is 2. The first kappa shape index (κ1) is 25.7. The average molecular weight is 518 g/mol. The maximum Gasteiger partial charge on any atom is 0.418 e. The van der Waals surface area contributed by atoms with Gasteiger partial charge in [0.15, 0.2) is 5.78 Å². The Balaban J connectivity index is 1.39. The summed E-state index contributed by atoms with van der Waals surface area (Å²) < 4.78 is 45.1. The first-order valence-corrected chi connectivity index (χ1v) is 11.6. The summed E-state index contributed by atoms with van der Waals surface area (Å²) in [5.74, 6) is -0.607. The predicted molar refractivity (Wildman–Crippen MR) is 129 cm³/mol. The Morgan fingerprint density at radius 3 is 2.44 bits per heavy atom. The molecular formula is C26H23ClF3N3O3. The molecule has 0 saturated carbocycles. The van der Waals surface area contributed by atoms with Gasteiger partial charge in [-0.25, -0.2) is 4.98 Å². The van der Waals surface area contributed by atoms with Gasteiger partial charge in [0, 0.05) is 25.3 Å². The van der Waals surface area contributed by atoms with E-state index in [9.17, 15) is 22.8 Å². The third-order valence-electron chi connectivity index (χ3n) is 6.00. The molecule has 4 rings (SSSR count). The van der Waals surface area contributed by atoms with Gasteiger partial charge in [0.1, 0.15) is 10.8 Å². The molecule has 10 heteroatoms. The zero-order chi connectivity index (χ0) is 25.8. The fraction of sp³-hybridized carbons (Fsp3) is 0.269. The van der Waals surface area contributed by atoms with Crippen molar-refractivity contribution in [3.05, 3.63) is 88.7 Å². The third-order valence-corrected chi connectivity index (χ3v) is 6.21. The summed E-state index contributed by atoms with van der Waals surface area (Å²) in [5.41, 5.74) is -0.404. The number of halogens is 4. The Kier molecular flexibility index (Phi) is 7.61. The lowest BCUT2D eigenvalue weighted by molar-refractivity contribution is -0.137. The number of nitrogens with zero attached hydrogens (tertiary/aromatic N) is 1. The fourth-order valence-electron chi connectivity index (χ4n) is 4.04. The minimum atomic E-state index is -4.47. The maximum absolute atomic E-state index is 13.2. The van der Waals surface area contributed by atoms with E-state index in [0.29, 0.717) is 18.7 Å². The molecule has 36 heavy (non-hydrogen) atoms. The van der Waals surface area contributed by atoms with Crippen LogP contribution in [0.1, 0.15) is 34.5 Å². The molecule has 0 spiro atoms. The van der Waals surface area contributed by atoms with Gasteiger partial charge in [-0.1, -0.05) is 41.9 Å². The molecule has 1 saturated heterocycles. The van der Waals surface area contributed by atoms with Crippen molar-refractivity contribution in [3.63, 3.8) is 0 Å². The summed E-state index contributed by atoms with van der Waals surface area (Å²) in [6.07, 6.45) is -4.14. The van der Waals surface area contributed by atoms with Crippen LogP contribution in [0.5, 0.6) is 0 Å². The standard InChI is InChI=1S/C26H23ClF3N3O3/c27-23-7-3-6-21(33-23)22(34)14-25(12-13-36-16-25)24(35)31-15-17-8-10-18(11-9-17)32-20-5-2-1-4-19(20)26(28,29)30/h1-11,32H,12-16H2,(H,31,35)/t25-/m0/s1.